The van der Waals surface area contributed by atoms with E-state index in [1.54, 1.807) is 36.4 Å². The van der Waals surface area contributed by atoms with Gasteiger partial charge in [-0.1, -0.05) is 71.2 Å². The van der Waals surface area contributed by atoms with Crippen LogP contribution in [-0.4, -0.2) is 63.5 Å². The minimum Gasteiger partial charge on any atom is -0.392 e. The lowest BCUT2D eigenvalue weighted by atomic mass is 9.99. The second-order valence-electron chi connectivity index (χ2n) is 10.5. The molecular formula is C30H31Cl3N4O6. The van der Waals surface area contributed by atoms with E-state index >= 15 is 0 Å². The number of carbonyl (C=O) groups is 1. The number of nitro groups is 1. The van der Waals surface area contributed by atoms with E-state index in [-0.39, 0.29) is 24.5 Å². The van der Waals surface area contributed by atoms with E-state index < -0.39 is 20.9 Å². The quantitative estimate of drug-likeness (QED) is 0.180. The van der Waals surface area contributed by atoms with Crippen LogP contribution in [-0.2, 0) is 20.9 Å². The molecule has 0 radical (unpaired) electrons. The Morgan fingerprint density at radius 3 is 2.14 bits per heavy atom. The number of halogens is 3. The monoisotopic (exact) mass is 648 g/mol. The van der Waals surface area contributed by atoms with Gasteiger partial charge in [-0.15, -0.1) is 0 Å². The van der Waals surface area contributed by atoms with Crippen molar-refractivity contribution in [2.45, 2.75) is 35.3 Å². The molecule has 2 aliphatic rings. The molecule has 0 aromatic heterocycles. The SMILES string of the molecule is O=C(Nc1ccc([C@H]2O[C@@H](CN3CCN(c4ccc([N+](=O)[O-])cc4)CC3)C[C@@H](c3ccc(CO)cc3)O2)cc1)C(Cl)(Cl)Cl. The van der Waals surface area contributed by atoms with Gasteiger partial charge in [-0.05, 0) is 35.4 Å². The van der Waals surface area contributed by atoms with Crippen molar-refractivity contribution in [1.82, 2.24) is 4.90 Å². The molecule has 2 N–H and O–H groups in total. The Balaban J connectivity index is 1.26. The van der Waals surface area contributed by atoms with Crippen LogP contribution in [0.2, 0.25) is 0 Å². The van der Waals surface area contributed by atoms with Gasteiger partial charge in [0, 0.05) is 68.2 Å². The number of aliphatic hydroxyl groups excluding tert-OH is 1. The highest BCUT2D eigenvalue weighted by Crippen LogP contribution is 2.39. The van der Waals surface area contributed by atoms with Crippen molar-refractivity contribution >= 4 is 57.8 Å². The minimum atomic E-state index is -2.08. The van der Waals surface area contributed by atoms with Crippen molar-refractivity contribution in [3.8, 4) is 0 Å². The molecule has 13 heteroatoms. The van der Waals surface area contributed by atoms with Crippen molar-refractivity contribution in [3.63, 3.8) is 0 Å². The van der Waals surface area contributed by atoms with Gasteiger partial charge in [-0.2, -0.15) is 0 Å². The first-order valence-electron chi connectivity index (χ1n) is 13.8. The van der Waals surface area contributed by atoms with Crippen molar-refractivity contribution in [2.24, 2.45) is 0 Å². The second kappa shape index (κ2) is 13.8. The van der Waals surface area contributed by atoms with Gasteiger partial charge >= 0.3 is 0 Å². The first-order valence-corrected chi connectivity index (χ1v) is 14.9. The molecule has 5 rings (SSSR count). The summed E-state index contributed by atoms with van der Waals surface area (Å²) < 4.78 is 10.8. The van der Waals surface area contributed by atoms with E-state index in [9.17, 15) is 20.0 Å². The Hall–Kier alpha value is -2.96. The van der Waals surface area contributed by atoms with E-state index in [0.29, 0.717) is 18.7 Å². The number of aliphatic hydroxyl groups is 1. The molecule has 3 aromatic carbocycles. The van der Waals surface area contributed by atoms with Crippen molar-refractivity contribution in [3.05, 3.63) is 99.6 Å². The molecule has 0 saturated carbocycles. The lowest BCUT2D eigenvalue weighted by molar-refractivity contribution is -0.384. The first kappa shape index (κ1) is 31.5. The van der Waals surface area contributed by atoms with Gasteiger partial charge in [-0.3, -0.25) is 19.8 Å². The van der Waals surface area contributed by atoms with Gasteiger partial charge in [0.15, 0.2) is 6.29 Å². The van der Waals surface area contributed by atoms with Crippen LogP contribution in [0.15, 0.2) is 72.8 Å². The maximum atomic E-state index is 12.0. The van der Waals surface area contributed by atoms with Crippen LogP contribution in [0.4, 0.5) is 17.1 Å². The zero-order valence-corrected chi connectivity index (χ0v) is 25.3. The predicted molar refractivity (Wildman–Crippen MR) is 166 cm³/mol. The van der Waals surface area contributed by atoms with Crippen molar-refractivity contribution < 1.29 is 24.3 Å². The molecule has 228 valence electrons. The number of carbonyl (C=O) groups excluding carboxylic acids is 1. The van der Waals surface area contributed by atoms with Gasteiger partial charge in [0.2, 0.25) is 0 Å². The van der Waals surface area contributed by atoms with Crippen LogP contribution in [0.1, 0.15) is 35.5 Å². The molecule has 1 amide bonds. The Bertz CT molecular complexity index is 1400. The Labute approximate surface area is 264 Å². The van der Waals surface area contributed by atoms with Crippen LogP contribution < -0.4 is 10.2 Å². The van der Waals surface area contributed by atoms with Gasteiger partial charge in [0.25, 0.3) is 15.4 Å². The molecule has 0 bridgehead atoms. The maximum Gasteiger partial charge on any atom is 0.276 e. The third-order valence-electron chi connectivity index (χ3n) is 7.57. The first-order chi connectivity index (χ1) is 20.6. The number of alkyl halides is 3. The van der Waals surface area contributed by atoms with Gasteiger partial charge in [0.1, 0.15) is 0 Å². The van der Waals surface area contributed by atoms with E-state index in [4.69, 9.17) is 44.3 Å². The fourth-order valence-corrected chi connectivity index (χ4v) is 5.36. The summed E-state index contributed by atoms with van der Waals surface area (Å²) in [7, 11) is 0. The molecule has 43 heavy (non-hydrogen) atoms. The highest BCUT2D eigenvalue weighted by molar-refractivity contribution is 6.76. The van der Waals surface area contributed by atoms with E-state index in [2.05, 4.69) is 15.1 Å². The molecule has 3 atom stereocenters. The largest absolute Gasteiger partial charge is 0.392 e. The Kier molecular flexibility index (Phi) is 10.1. The fourth-order valence-electron chi connectivity index (χ4n) is 5.22. The molecule has 0 spiro atoms. The van der Waals surface area contributed by atoms with Gasteiger partial charge < -0.3 is 24.8 Å². The zero-order valence-electron chi connectivity index (χ0n) is 23.1. The highest BCUT2D eigenvalue weighted by Gasteiger charge is 2.34. The number of hydrogen-bond acceptors (Lipinski definition) is 8. The zero-order chi connectivity index (χ0) is 30.6. The molecule has 0 unspecified atom stereocenters. The molecule has 2 saturated heterocycles. The molecule has 2 aliphatic heterocycles. The minimum absolute atomic E-state index is 0.0345. The summed E-state index contributed by atoms with van der Waals surface area (Å²) in [4.78, 5) is 27.2. The summed E-state index contributed by atoms with van der Waals surface area (Å²) in [5, 5.41) is 23.0. The molecule has 2 heterocycles. The summed E-state index contributed by atoms with van der Waals surface area (Å²) in [6.07, 6.45) is -0.368. The van der Waals surface area contributed by atoms with Gasteiger partial charge in [-0.25, -0.2) is 0 Å². The summed E-state index contributed by atoms with van der Waals surface area (Å²) in [5.41, 5.74) is 4.10. The van der Waals surface area contributed by atoms with Crippen LogP contribution in [0.25, 0.3) is 0 Å². The number of piperazine rings is 1. The fraction of sp³-hybridized carbons (Fsp3) is 0.367. The standard InChI is InChI=1S/C30H31Cl3N4O6/c31-30(32,33)29(39)34-23-7-5-22(6-8-23)28-42-26(17-27(43-28)21-3-1-20(19-38)2-4-21)18-35-13-15-36(16-14-35)24-9-11-25(12-10-24)37(40)41/h1-12,26-28,38H,13-19H2,(H,34,39)/t26-,27+,28+/m1/s1. The number of nitro benzene ring substituents is 1. The van der Waals surface area contributed by atoms with Crippen LogP contribution >= 0.6 is 34.8 Å². The van der Waals surface area contributed by atoms with Crippen LogP contribution in [0, 0.1) is 10.1 Å². The molecule has 0 aliphatic carbocycles. The molecule has 10 nitrogen and oxygen atoms in total. The smallest absolute Gasteiger partial charge is 0.276 e. The number of nitrogens with zero attached hydrogens (tertiary/aromatic N) is 3. The van der Waals surface area contributed by atoms with Gasteiger partial charge in [0.05, 0.1) is 23.7 Å². The summed E-state index contributed by atoms with van der Waals surface area (Å²) in [5.74, 6) is -0.754. The third kappa shape index (κ3) is 8.16. The lowest BCUT2D eigenvalue weighted by Crippen LogP contribution is -2.49. The van der Waals surface area contributed by atoms with E-state index in [0.717, 1.165) is 48.6 Å². The summed E-state index contributed by atoms with van der Waals surface area (Å²) in [6.45, 7) is 3.88. The molecule has 2 fully saturated rings. The number of ether oxygens (including phenoxy) is 2. The third-order valence-corrected chi connectivity index (χ3v) is 8.09. The lowest BCUT2D eigenvalue weighted by Gasteiger charge is -2.41. The van der Waals surface area contributed by atoms with Crippen LogP contribution in [0.5, 0.6) is 0 Å². The number of benzene rings is 3. The van der Waals surface area contributed by atoms with Crippen molar-refractivity contribution in [1.29, 1.82) is 0 Å². The number of hydrogen-bond donors (Lipinski definition) is 2. The van der Waals surface area contributed by atoms with E-state index in [1.807, 2.05) is 24.3 Å². The highest BCUT2D eigenvalue weighted by atomic mass is 35.6. The summed E-state index contributed by atoms with van der Waals surface area (Å²) >= 11 is 17.0. The molecular weight excluding hydrogens is 619 g/mol. The number of anilines is 2. The van der Waals surface area contributed by atoms with E-state index in [1.165, 1.54) is 12.1 Å². The van der Waals surface area contributed by atoms with Crippen molar-refractivity contribution in [2.75, 3.05) is 42.9 Å². The number of nitrogens with one attached hydrogen (secondary N) is 1. The second-order valence-corrected chi connectivity index (χ2v) is 12.8. The Morgan fingerprint density at radius 2 is 1.56 bits per heavy atom. The Morgan fingerprint density at radius 1 is 0.930 bits per heavy atom. The molecule has 3 aromatic rings. The number of amides is 1. The summed E-state index contributed by atoms with van der Waals surface area (Å²) in [6, 6.07) is 21.4. The number of rotatable bonds is 8. The maximum absolute atomic E-state index is 12.0. The normalized spacial score (nSPS) is 21.4. The van der Waals surface area contributed by atoms with Crippen LogP contribution in [0.3, 0.4) is 0 Å². The average molecular weight is 650 g/mol. The average Bonchev–Trinajstić information content (AvgIpc) is 3.01. The topological polar surface area (TPSA) is 117 Å². The predicted octanol–water partition coefficient (Wildman–Crippen LogP) is 5.76. The number of non-ortho nitro benzene ring substituents is 1.